The molecule has 0 aromatic carbocycles. The predicted molar refractivity (Wildman–Crippen MR) is 90.5 cm³/mol. The van der Waals surface area contributed by atoms with Crippen molar-refractivity contribution < 1.29 is 9.53 Å². The minimum absolute atomic E-state index is 0.0732. The first kappa shape index (κ1) is 16.7. The Labute approximate surface area is 142 Å². The zero-order valence-electron chi connectivity index (χ0n) is 14.9. The summed E-state index contributed by atoms with van der Waals surface area (Å²) in [5.41, 5.74) is 3.25. The van der Waals surface area contributed by atoms with Crippen LogP contribution in [0.3, 0.4) is 0 Å². The highest BCUT2D eigenvalue weighted by Crippen LogP contribution is 2.32. The van der Waals surface area contributed by atoms with Gasteiger partial charge in [0.1, 0.15) is 6.10 Å². The van der Waals surface area contributed by atoms with Crippen LogP contribution in [0.5, 0.6) is 0 Å². The molecule has 1 fully saturated rings. The maximum absolute atomic E-state index is 12.6. The summed E-state index contributed by atoms with van der Waals surface area (Å²) in [7, 11) is 1.93. The highest BCUT2D eigenvalue weighted by molar-refractivity contribution is 5.72. The number of aryl methyl sites for hydroxylation is 2. The largest absolute Gasteiger partial charge is 0.460 e. The van der Waals surface area contributed by atoms with Gasteiger partial charge in [0.25, 0.3) is 0 Å². The van der Waals surface area contributed by atoms with Crippen molar-refractivity contribution in [2.45, 2.75) is 58.6 Å². The van der Waals surface area contributed by atoms with Gasteiger partial charge in [-0.25, -0.2) is 0 Å². The summed E-state index contributed by atoms with van der Waals surface area (Å²) in [6.07, 6.45) is 7.30. The maximum Gasteiger partial charge on any atom is 0.309 e. The Morgan fingerprint density at radius 2 is 2.21 bits per heavy atom. The molecule has 2 aromatic rings. The molecule has 1 aliphatic carbocycles. The van der Waals surface area contributed by atoms with Crippen LogP contribution < -0.4 is 0 Å². The lowest BCUT2D eigenvalue weighted by atomic mass is 9.99. The number of nitrogens with zero attached hydrogens (tertiary/aromatic N) is 4. The number of esters is 1. The van der Waals surface area contributed by atoms with Gasteiger partial charge in [-0.3, -0.25) is 14.2 Å². The SMILES string of the molecule is Cc1nn(C)c(C)c1C[C@H](C)C(=O)O[C@@H]1CCC[C@H]1n1cccn1. The van der Waals surface area contributed by atoms with Crippen molar-refractivity contribution in [1.29, 1.82) is 0 Å². The molecule has 130 valence electrons. The van der Waals surface area contributed by atoms with Crippen molar-refractivity contribution in [2.75, 3.05) is 0 Å². The normalized spacial score (nSPS) is 21.8. The first-order valence-corrected chi connectivity index (χ1v) is 8.66. The predicted octanol–water partition coefficient (Wildman–Crippen LogP) is 2.75. The molecule has 0 N–H and O–H groups in total. The highest BCUT2D eigenvalue weighted by atomic mass is 16.5. The lowest BCUT2D eigenvalue weighted by Gasteiger charge is -2.22. The Hall–Kier alpha value is -2.11. The molecule has 6 nitrogen and oxygen atoms in total. The zero-order chi connectivity index (χ0) is 17.3. The summed E-state index contributed by atoms with van der Waals surface area (Å²) in [6.45, 7) is 5.97. The standard InChI is InChI=1S/C18H26N4O2/c1-12(11-15-13(2)20-21(4)14(15)3)18(23)24-17-8-5-7-16(17)22-10-6-9-19-22/h6,9-10,12,16-17H,5,7-8,11H2,1-4H3/t12-,16+,17+/m0/s1. The summed E-state index contributed by atoms with van der Waals surface area (Å²) in [4.78, 5) is 12.6. The lowest BCUT2D eigenvalue weighted by molar-refractivity contribution is -0.155. The molecule has 2 heterocycles. The third kappa shape index (κ3) is 3.23. The van der Waals surface area contributed by atoms with Gasteiger partial charge in [-0.1, -0.05) is 6.92 Å². The number of carbonyl (C=O) groups excluding carboxylic acids is 1. The summed E-state index contributed by atoms with van der Waals surface area (Å²) in [6, 6.07) is 2.08. The van der Waals surface area contributed by atoms with Gasteiger partial charge < -0.3 is 4.74 Å². The van der Waals surface area contributed by atoms with Crippen molar-refractivity contribution in [2.24, 2.45) is 13.0 Å². The van der Waals surface area contributed by atoms with E-state index in [2.05, 4.69) is 10.2 Å². The summed E-state index contributed by atoms with van der Waals surface area (Å²) in [5, 5.41) is 8.73. The molecule has 24 heavy (non-hydrogen) atoms. The molecule has 1 aliphatic rings. The topological polar surface area (TPSA) is 61.9 Å². The van der Waals surface area contributed by atoms with Crippen LogP contribution in [0.2, 0.25) is 0 Å². The van der Waals surface area contributed by atoms with E-state index in [-0.39, 0.29) is 24.0 Å². The molecule has 0 aliphatic heterocycles. The van der Waals surface area contributed by atoms with Crippen LogP contribution in [0.25, 0.3) is 0 Å². The molecule has 0 bridgehead atoms. The fourth-order valence-corrected chi connectivity index (χ4v) is 3.59. The van der Waals surface area contributed by atoms with Crippen molar-refractivity contribution in [1.82, 2.24) is 19.6 Å². The minimum atomic E-state index is -0.175. The Morgan fingerprint density at radius 3 is 2.83 bits per heavy atom. The zero-order valence-corrected chi connectivity index (χ0v) is 14.9. The molecule has 6 heteroatoms. The second kappa shape index (κ2) is 6.79. The van der Waals surface area contributed by atoms with E-state index in [0.29, 0.717) is 6.42 Å². The van der Waals surface area contributed by atoms with Gasteiger partial charge in [0, 0.05) is 25.1 Å². The van der Waals surface area contributed by atoms with Crippen LogP contribution in [0, 0.1) is 19.8 Å². The van der Waals surface area contributed by atoms with E-state index in [4.69, 9.17) is 4.74 Å². The van der Waals surface area contributed by atoms with Crippen molar-refractivity contribution >= 4 is 5.97 Å². The molecule has 3 atom stereocenters. The van der Waals surface area contributed by atoms with Gasteiger partial charge in [0.2, 0.25) is 0 Å². The van der Waals surface area contributed by atoms with Gasteiger partial charge in [-0.15, -0.1) is 0 Å². The fraction of sp³-hybridized carbons (Fsp3) is 0.611. The van der Waals surface area contributed by atoms with Crippen LogP contribution in [0.1, 0.15) is 49.2 Å². The average Bonchev–Trinajstić information content (AvgIpc) is 3.25. The average molecular weight is 330 g/mol. The van der Waals surface area contributed by atoms with Gasteiger partial charge in [0.05, 0.1) is 17.7 Å². The van der Waals surface area contributed by atoms with E-state index >= 15 is 0 Å². The molecule has 0 spiro atoms. The smallest absolute Gasteiger partial charge is 0.309 e. The molecular weight excluding hydrogens is 304 g/mol. The first-order chi connectivity index (χ1) is 11.5. The van der Waals surface area contributed by atoms with Crippen molar-refractivity contribution in [3.05, 3.63) is 35.4 Å². The molecule has 0 saturated heterocycles. The Kier molecular flexibility index (Phi) is 4.73. The number of rotatable bonds is 5. The van der Waals surface area contributed by atoms with Gasteiger partial charge in [0.15, 0.2) is 0 Å². The third-order valence-electron chi connectivity index (χ3n) is 5.12. The number of hydrogen-bond acceptors (Lipinski definition) is 4. The molecule has 0 radical (unpaired) electrons. The van der Waals surface area contributed by atoms with Gasteiger partial charge in [-0.2, -0.15) is 10.2 Å². The fourth-order valence-electron chi connectivity index (χ4n) is 3.59. The molecule has 0 unspecified atom stereocenters. The van der Waals surface area contributed by atoms with Crippen LogP contribution in [0.15, 0.2) is 18.5 Å². The van der Waals surface area contributed by atoms with Crippen LogP contribution in [-0.4, -0.2) is 31.6 Å². The lowest BCUT2D eigenvalue weighted by Crippen LogP contribution is -2.28. The first-order valence-electron chi connectivity index (χ1n) is 8.66. The van der Waals surface area contributed by atoms with Gasteiger partial charge >= 0.3 is 5.97 Å². The molecule has 2 aromatic heterocycles. The molecule has 1 saturated carbocycles. The second-order valence-electron chi connectivity index (χ2n) is 6.84. The number of hydrogen-bond donors (Lipinski definition) is 0. The molecule has 3 rings (SSSR count). The van der Waals surface area contributed by atoms with Crippen LogP contribution in [-0.2, 0) is 23.0 Å². The highest BCUT2D eigenvalue weighted by Gasteiger charge is 2.33. The number of ether oxygens (including phenoxy) is 1. The van der Waals surface area contributed by atoms with Gasteiger partial charge in [-0.05, 0) is 51.2 Å². The molecule has 0 amide bonds. The summed E-state index contributed by atoms with van der Waals surface area (Å²) < 4.78 is 9.63. The monoisotopic (exact) mass is 330 g/mol. The third-order valence-corrected chi connectivity index (χ3v) is 5.12. The van der Waals surface area contributed by atoms with E-state index in [9.17, 15) is 4.79 Å². The minimum Gasteiger partial charge on any atom is -0.460 e. The van der Waals surface area contributed by atoms with E-state index in [0.717, 1.165) is 36.2 Å². The van der Waals surface area contributed by atoms with Crippen molar-refractivity contribution in [3.8, 4) is 0 Å². The molecular formula is C18H26N4O2. The van der Waals surface area contributed by atoms with Crippen LogP contribution in [0.4, 0.5) is 0 Å². The number of aromatic nitrogens is 4. The maximum atomic E-state index is 12.6. The second-order valence-corrected chi connectivity index (χ2v) is 6.84. The van der Waals surface area contributed by atoms with E-state index < -0.39 is 0 Å². The number of carbonyl (C=O) groups is 1. The van der Waals surface area contributed by atoms with Crippen molar-refractivity contribution in [3.63, 3.8) is 0 Å². The van der Waals surface area contributed by atoms with E-state index in [1.54, 1.807) is 6.20 Å². The Morgan fingerprint density at radius 1 is 1.42 bits per heavy atom. The van der Waals surface area contributed by atoms with Crippen LogP contribution >= 0.6 is 0 Å². The summed E-state index contributed by atoms with van der Waals surface area (Å²) in [5.74, 6) is -0.299. The van der Waals surface area contributed by atoms with E-state index in [1.165, 1.54) is 0 Å². The Balaban J connectivity index is 1.64. The Bertz CT molecular complexity index is 705. The van der Waals surface area contributed by atoms with E-state index in [1.807, 2.05) is 49.4 Å². The quantitative estimate of drug-likeness (QED) is 0.791. The summed E-state index contributed by atoms with van der Waals surface area (Å²) >= 11 is 0.